The minimum atomic E-state index is -1.15. The molecule has 0 saturated heterocycles. The zero-order chi connectivity index (χ0) is 24.9. The SMILES string of the molecule is CC(C)(C)OC(=O)NC(Cc1cccc(Oc2ccc(Br)cn2)c1)C(=O)O.COCCCN. The van der Waals surface area contributed by atoms with Crippen LogP contribution < -0.4 is 15.8 Å². The molecule has 0 bridgehead atoms. The standard InChI is InChI=1S/C19H21BrN2O5.C4H11NO/c1-19(2,3)27-18(25)22-15(17(23)24)10-12-5-4-6-14(9-12)26-16-8-7-13(20)11-21-16;1-6-4-2-3-5/h4-9,11,15H,10H2,1-3H3,(H,22,25)(H,23,24);2-5H2,1H3. The van der Waals surface area contributed by atoms with Gasteiger partial charge in [0.1, 0.15) is 17.4 Å². The van der Waals surface area contributed by atoms with Gasteiger partial charge in [-0.3, -0.25) is 0 Å². The number of hydrogen-bond acceptors (Lipinski definition) is 7. The number of carbonyl (C=O) groups is 2. The molecule has 33 heavy (non-hydrogen) atoms. The van der Waals surface area contributed by atoms with Crippen LogP contribution in [0, 0.1) is 0 Å². The van der Waals surface area contributed by atoms with E-state index in [4.69, 9.17) is 19.9 Å². The molecule has 0 saturated carbocycles. The summed E-state index contributed by atoms with van der Waals surface area (Å²) in [6, 6.07) is 9.34. The summed E-state index contributed by atoms with van der Waals surface area (Å²) >= 11 is 3.30. The van der Waals surface area contributed by atoms with E-state index in [9.17, 15) is 14.7 Å². The number of pyridine rings is 1. The molecule has 1 atom stereocenters. The highest BCUT2D eigenvalue weighted by Crippen LogP contribution is 2.22. The Bertz CT molecular complexity index is 867. The summed E-state index contributed by atoms with van der Waals surface area (Å²) in [7, 11) is 1.68. The molecule has 2 aromatic rings. The Hall–Kier alpha value is -2.69. The molecule has 4 N–H and O–H groups in total. The quantitative estimate of drug-likeness (QED) is 0.416. The van der Waals surface area contributed by atoms with Gasteiger partial charge in [-0.15, -0.1) is 0 Å². The number of aliphatic carboxylic acids is 1. The number of aromatic nitrogens is 1. The molecule has 1 unspecified atom stereocenters. The summed E-state index contributed by atoms with van der Waals surface area (Å²) in [6.07, 6.45) is 1.89. The second-order valence-electron chi connectivity index (χ2n) is 7.94. The maximum atomic E-state index is 11.9. The highest BCUT2D eigenvalue weighted by atomic mass is 79.9. The number of methoxy groups -OCH3 is 1. The number of nitrogens with two attached hydrogens (primary N) is 1. The molecule has 1 amide bonds. The van der Waals surface area contributed by atoms with Gasteiger partial charge < -0.3 is 30.4 Å². The lowest BCUT2D eigenvalue weighted by Crippen LogP contribution is -2.44. The normalized spacial score (nSPS) is 11.6. The average Bonchev–Trinajstić information content (AvgIpc) is 2.73. The Balaban J connectivity index is 0.000000801. The van der Waals surface area contributed by atoms with Crippen molar-refractivity contribution in [2.75, 3.05) is 20.3 Å². The molecule has 0 aliphatic heterocycles. The number of carboxylic acids is 1. The van der Waals surface area contributed by atoms with E-state index in [-0.39, 0.29) is 6.42 Å². The van der Waals surface area contributed by atoms with Crippen LogP contribution >= 0.6 is 15.9 Å². The molecule has 182 valence electrons. The molecule has 1 aromatic carbocycles. The number of rotatable bonds is 9. The molecule has 9 nitrogen and oxygen atoms in total. The molecule has 0 aliphatic rings. The van der Waals surface area contributed by atoms with E-state index >= 15 is 0 Å². The van der Waals surface area contributed by atoms with Crippen LogP contribution in [0.25, 0.3) is 0 Å². The monoisotopic (exact) mass is 525 g/mol. The van der Waals surface area contributed by atoms with Gasteiger partial charge in [0.15, 0.2) is 0 Å². The van der Waals surface area contributed by atoms with Gasteiger partial charge in [0.2, 0.25) is 5.88 Å². The van der Waals surface area contributed by atoms with Crippen molar-refractivity contribution in [1.82, 2.24) is 10.3 Å². The number of benzene rings is 1. The molecule has 0 aliphatic carbocycles. The summed E-state index contributed by atoms with van der Waals surface area (Å²) in [6.45, 7) is 6.64. The first-order valence-electron chi connectivity index (χ1n) is 10.3. The van der Waals surface area contributed by atoms with E-state index in [0.717, 1.165) is 24.0 Å². The molecule has 0 spiro atoms. The number of carboxylic acid groups (broad SMARTS) is 1. The molecular weight excluding hydrogens is 494 g/mol. The van der Waals surface area contributed by atoms with Crippen LogP contribution in [0.1, 0.15) is 32.8 Å². The van der Waals surface area contributed by atoms with Crippen molar-refractivity contribution in [3.63, 3.8) is 0 Å². The van der Waals surface area contributed by atoms with Crippen molar-refractivity contribution in [1.29, 1.82) is 0 Å². The summed E-state index contributed by atoms with van der Waals surface area (Å²) in [5.41, 5.74) is 5.11. The lowest BCUT2D eigenvalue weighted by Gasteiger charge is -2.22. The van der Waals surface area contributed by atoms with Crippen LogP contribution in [0.5, 0.6) is 11.6 Å². The van der Waals surface area contributed by atoms with Gasteiger partial charge in [-0.25, -0.2) is 14.6 Å². The first-order chi connectivity index (χ1) is 15.5. The Morgan fingerprint density at radius 1 is 1.24 bits per heavy atom. The first-order valence-corrected chi connectivity index (χ1v) is 11.1. The lowest BCUT2D eigenvalue weighted by atomic mass is 10.1. The third-order valence-corrected chi connectivity index (χ3v) is 4.27. The Kier molecular flexibility index (Phi) is 12.4. The van der Waals surface area contributed by atoms with E-state index in [0.29, 0.717) is 17.2 Å². The largest absolute Gasteiger partial charge is 0.480 e. The number of nitrogens with zero attached hydrogens (tertiary/aromatic N) is 1. The molecule has 0 fully saturated rings. The van der Waals surface area contributed by atoms with Crippen LogP contribution in [0.4, 0.5) is 4.79 Å². The Morgan fingerprint density at radius 3 is 2.48 bits per heavy atom. The second-order valence-corrected chi connectivity index (χ2v) is 8.86. The zero-order valence-electron chi connectivity index (χ0n) is 19.3. The number of halogens is 1. The Labute approximate surface area is 202 Å². The van der Waals surface area contributed by atoms with Crippen molar-refractivity contribution in [3.8, 4) is 11.6 Å². The van der Waals surface area contributed by atoms with Gasteiger partial charge >= 0.3 is 12.1 Å². The predicted molar refractivity (Wildman–Crippen MR) is 128 cm³/mol. The van der Waals surface area contributed by atoms with Crippen LogP contribution in [0.3, 0.4) is 0 Å². The van der Waals surface area contributed by atoms with E-state index in [2.05, 4.69) is 26.2 Å². The van der Waals surface area contributed by atoms with Crippen LogP contribution in [-0.2, 0) is 20.7 Å². The summed E-state index contributed by atoms with van der Waals surface area (Å²) in [4.78, 5) is 27.5. The number of ether oxygens (including phenoxy) is 3. The first kappa shape index (κ1) is 28.3. The lowest BCUT2D eigenvalue weighted by molar-refractivity contribution is -0.139. The predicted octanol–water partition coefficient (Wildman–Crippen LogP) is 4.14. The fourth-order valence-electron chi connectivity index (χ4n) is 2.39. The van der Waals surface area contributed by atoms with Crippen molar-refractivity contribution in [3.05, 3.63) is 52.6 Å². The number of carbonyl (C=O) groups excluding carboxylic acids is 1. The molecule has 0 radical (unpaired) electrons. The smallest absolute Gasteiger partial charge is 0.408 e. The van der Waals surface area contributed by atoms with Crippen molar-refractivity contribution >= 4 is 28.0 Å². The summed E-state index contributed by atoms with van der Waals surface area (Å²) in [5, 5.41) is 11.8. The van der Waals surface area contributed by atoms with E-state index in [1.165, 1.54) is 0 Å². The highest BCUT2D eigenvalue weighted by Gasteiger charge is 2.24. The van der Waals surface area contributed by atoms with Crippen LogP contribution in [-0.4, -0.2) is 54.1 Å². The average molecular weight is 526 g/mol. The van der Waals surface area contributed by atoms with Gasteiger partial charge in [-0.1, -0.05) is 12.1 Å². The van der Waals surface area contributed by atoms with Gasteiger partial charge in [0.05, 0.1) is 0 Å². The van der Waals surface area contributed by atoms with Crippen molar-refractivity contribution in [2.45, 2.75) is 45.3 Å². The van der Waals surface area contributed by atoms with Crippen molar-refractivity contribution in [2.24, 2.45) is 5.73 Å². The van der Waals surface area contributed by atoms with Gasteiger partial charge in [-0.2, -0.15) is 0 Å². The third kappa shape index (κ3) is 12.8. The molecule has 1 aromatic heterocycles. The third-order valence-electron chi connectivity index (χ3n) is 3.80. The fourth-order valence-corrected chi connectivity index (χ4v) is 2.63. The summed E-state index contributed by atoms with van der Waals surface area (Å²) < 4.78 is 16.3. The number of amides is 1. The van der Waals surface area contributed by atoms with Crippen LogP contribution in [0.2, 0.25) is 0 Å². The number of alkyl carbamates (subject to hydrolysis) is 1. The minimum absolute atomic E-state index is 0.0829. The van der Waals surface area contributed by atoms with E-state index < -0.39 is 23.7 Å². The maximum Gasteiger partial charge on any atom is 0.408 e. The highest BCUT2D eigenvalue weighted by molar-refractivity contribution is 9.10. The van der Waals surface area contributed by atoms with Gasteiger partial charge in [-0.05, 0) is 73.4 Å². The minimum Gasteiger partial charge on any atom is -0.480 e. The van der Waals surface area contributed by atoms with Crippen LogP contribution in [0.15, 0.2) is 47.1 Å². The molecule has 10 heteroatoms. The topological polar surface area (TPSA) is 133 Å². The molecule has 2 rings (SSSR count). The van der Waals surface area contributed by atoms with Gasteiger partial charge in [0.25, 0.3) is 0 Å². The summed E-state index contributed by atoms with van der Waals surface area (Å²) in [5.74, 6) is -0.220. The molecule has 1 heterocycles. The second kappa shape index (κ2) is 14.5. The zero-order valence-corrected chi connectivity index (χ0v) is 20.9. The number of nitrogens with one attached hydrogen (secondary N) is 1. The van der Waals surface area contributed by atoms with Gasteiger partial charge in [0, 0.05) is 36.9 Å². The van der Waals surface area contributed by atoms with E-state index in [1.807, 2.05) is 0 Å². The Morgan fingerprint density at radius 2 is 1.97 bits per heavy atom. The fraction of sp³-hybridized carbons (Fsp3) is 0.435. The molecular formula is C23H32BrN3O6. The van der Waals surface area contributed by atoms with Crippen molar-refractivity contribution < 1.29 is 28.9 Å². The number of hydrogen-bond donors (Lipinski definition) is 3. The maximum absolute atomic E-state index is 11.9. The van der Waals surface area contributed by atoms with E-state index in [1.54, 1.807) is 70.5 Å².